The zero-order chi connectivity index (χ0) is 13.7. The lowest BCUT2D eigenvalue weighted by molar-refractivity contribution is 0.240. The van der Waals surface area contributed by atoms with Crippen molar-refractivity contribution in [1.82, 2.24) is 20.4 Å². The summed E-state index contributed by atoms with van der Waals surface area (Å²) in [6, 6.07) is 1.48. The van der Waals surface area contributed by atoms with Gasteiger partial charge in [-0.05, 0) is 31.2 Å². The van der Waals surface area contributed by atoms with E-state index in [-0.39, 0.29) is 11.6 Å². The fourth-order valence-corrected chi connectivity index (χ4v) is 2.18. The predicted molar refractivity (Wildman–Crippen MR) is 72.2 cm³/mol. The normalized spacial score (nSPS) is 13.1. The lowest BCUT2D eigenvalue weighted by Gasteiger charge is -2.09. The third kappa shape index (κ3) is 3.56. The molecule has 104 valence electrons. The summed E-state index contributed by atoms with van der Waals surface area (Å²) >= 11 is 0. The SMILES string of the molecule is CCCNC(=O)NCCn1nc2c(cc1=O)CCC2. The van der Waals surface area contributed by atoms with Gasteiger partial charge in [-0.25, -0.2) is 9.48 Å². The Morgan fingerprint density at radius 2 is 2.16 bits per heavy atom. The number of hydrogen-bond acceptors (Lipinski definition) is 3. The van der Waals surface area contributed by atoms with Crippen LogP contribution in [0, 0.1) is 0 Å². The van der Waals surface area contributed by atoms with E-state index >= 15 is 0 Å². The molecule has 1 aromatic rings. The summed E-state index contributed by atoms with van der Waals surface area (Å²) in [5.41, 5.74) is 2.02. The Balaban J connectivity index is 1.86. The molecule has 2 rings (SSSR count). The lowest BCUT2D eigenvalue weighted by Crippen LogP contribution is -2.39. The largest absolute Gasteiger partial charge is 0.338 e. The first-order chi connectivity index (χ1) is 9.20. The number of carbonyl (C=O) groups is 1. The van der Waals surface area contributed by atoms with Crippen molar-refractivity contribution < 1.29 is 4.79 Å². The molecule has 6 nitrogen and oxygen atoms in total. The van der Waals surface area contributed by atoms with E-state index in [2.05, 4.69) is 15.7 Å². The first-order valence-corrected chi connectivity index (χ1v) is 6.82. The van der Waals surface area contributed by atoms with Crippen LogP contribution < -0.4 is 16.2 Å². The fraction of sp³-hybridized carbons (Fsp3) is 0.615. The van der Waals surface area contributed by atoms with Gasteiger partial charge in [0.25, 0.3) is 5.56 Å². The molecule has 0 aromatic carbocycles. The number of hydrogen-bond donors (Lipinski definition) is 2. The molecule has 0 bridgehead atoms. The van der Waals surface area contributed by atoms with Crippen molar-refractivity contribution >= 4 is 6.03 Å². The zero-order valence-electron chi connectivity index (χ0n) is 11.2. The van der Waals surface area contributed by atoms with E-state index < -0.39 is 0 Å². The summed E-state index contributed by atoms with van der Waals surface area (Å²) in [6.45, 7) is 3.46. The molecule has 0 spiro atoms. The van der Waals surface area contributed by atoms with E-state index in [1.54, 1.807) is 6.07 Å². The number of rotatable bonds is 5. The fourth-order valence-electron chi connectivity index (χ4n) is 2.18. The van der Waals surface area contributed by atoms with Crippen molar-refractivity contribution in [2.45, 2.75) is 39.2 Å². The summed E-state index contributed by atoms with van der Waals surface area (Å²) in [5, 5.41) is 9.77. The van der Waals surface area contributed by atoms with E-state index in [1.807, 2.05) is 6.92 Å². The van der Waals surface area contributed by atoms with Gasteiger partial charge in [0.2, 0.25) is 0 Å². The molecular formula is C13H20N4O2. The molecule has 1 heterocycles. The van der Waals surface area contributed by atoms with Gasteiger partial charge in [0.05, 0.1) is 12.2 Å². The molecule has 1 aliphatic rings. The van der Waals surface area contributed by atoms with Crippen LogP contribution in [0.15, 0.2) is 10.9 Å². The number of fused-ring (bicyclic) bond motifs is 1. The van der Waals surface area contributed by atoms with Crippen molar-refractivity contribution in [3.8, 4) is 0 Å². The van der Waals surface area contributed by atoms with Crippen molar-refractivity contribution in [2.75, 3.05) is 13.1 Å². The quantitative estimate of drug-likeness (QED) is 0.810. The maximum Gasteiger partial charge on any atom is 0.314 e. The maximum absolute atomic E-state index is 11.8. The Labute approximate surface area is 112 Å². The third-order valence-electron chi connectivity index (χ3n) is 3.17. The van der Waals surface area contributed by atoms with E-state index in [4.69, 9.17) is 0 Å². The highest BCUT2D eigenvalue weighted by Gasteiger charge is 2.14. The number of aromatic nitrogens is 2. The van der Waals surface area contributed by atoms with Gasteiger partial charge in [0.1, 0.15) is 0 Å². The molecule has 0 saturated carbocycles. The maximum atomic E-state index is 11.8. The van der Waals surface area contributed by atoms with Gasteiger partial charge in [-0.3, -0.25) is 4.79 Å². The number of aryl methyl sites for hydroxylation is 2. The molecule has 2 N–H and O–H groups in total. The Morgan fingerprint density at radius 1 is 1.37 bits per heavy atom. The van der Waals surface area contributed by atoms with Crippen LogP contribution in [0.5, 0.6) is 0 Å². The second-order valence-corrected chi connectivity index (χ2v) is 4.71. The molecule has 0 unspecified atom stereocenters. The smallest absolute Gasteiger partial charge is 0.314 e. The number of urea groups is 1. The predicted octanol–water partition coefficient (Wildman–Crippen LogP) is 0.441. The Morgan fingerprint density at radius 3 is 2.95 bits per heavy atom. The minimum atomic E-state index is -0.198. The summed E-state index contributed by atoms with van der Waals surface area (Å²) in [5.74, 6) is 0. The minimum absolute atomic E-state index is 0.0867. The van der Waals surface area contributed by atoms with Crippen molar-refractivity contribution in [3.05, 3.63) is 27.7 Å². The van der Waals surface area contributed by atoms with Crippen LogP contribution >= 0.6 is 0 Å². The van der Waals surface area contributed by atoms with Crippen LogP contribution in [-0.2, 0) is 19.4 Å². The van der Waals surface area contributed by atoms with Crippen molar-refractivity contribution in [2.24, 2.45) is 0 Å². The van der Waals surface area contributed by atoms with Crippen LogP contribution in [0.1, 0.15) is 31.0 Å². The van der Waals surface area contributed by atoms with Gasteiger partial charge < -0.3 is 10.6 Å². The molecule has 0 radical (unpaired) electrons. The van der Waals surface area contributed by atoms with Crippen molar-refractivity contribution in [3.63, 3.8) is 0 Å². The Bertz CT molecular complexity index is 510. The Hall–Kier alpha value is -1.85. The van der Waals surface area contributed by atoms with E-state index in [9.17, 15) is 9.59 Å². The molecule has 1 aromatic heterocycles. The number of carbonyl (C=O) groups excluding carboxylic acids is 1. The first kappa shape index (κ1) is 13.6. The Kier molecular flexibility index (Phi) is 4.54. The van der Waals surface area contributed by atoms with Crippen LogP contribution in [0.2, 0.25) is 0 Å². The number of amides is 2. The highest BCUT2D eigenvalue weighted by atomic mass is 16.2. The molecule has 6 heteroatoms. The standard InChI is InChI=1S/C13H20N4O2/c1-2-6-14-13(19)15-7-8-17-12(18)9-10-4-3-5-11(10)16-17/h9H,2-8H2,1H3,(H2,14,15,19). The van der Waals surface area contributed by atoms with Crippen LogP contribution in [-0.4, -0.2) is 28.9 Å². The van der Waals surface area contributed by atoms with E-state index in [0.717, 1.165) is 36.9 Å². The summed E-state index contributed by atoms with van der Waals surface area (Å²) in [7, 11) is 0. The molecule has 1 aliphatic carbocycles. The first-order valence-electron chi connectivity index (χ1n) is 6.82. The second kappa shape index (κ2) is 6.36. The average molecular weight is 264 g/mol. The minimum Gasteiger partial charge on any atom is -0.338 e. The molecule has 2 amide bonds. The van der Waals surface area contributed by atoms with Gasteiger partial charge in [-0.1, -0.05) is 6.92 Å². The molecule has 19 heavy (non-hydrogen) atoms. The molecule has 0 atom stereocenters. The molecule has 0 saturated heterocycles. The van der Waals surface area contributed by atoms with Gasteiger partial charge >= 0.3 is 6.03 Å². The zero-order valence-corrected chi connectivity index (χ0v) is 11.2. The van der Waals surface area contributed by atoms with Gasteiger partial charge in [-0.15, -0.1) is 0 Å². The second-order valence-electron chi connectivity index (χ2n) is 4.71. The van der Waals surface area contributed by atoms with Crippen LogP contribution in [0.3, 0.4) is 0 Å². The third-order valence-corrected chi connectivity index (χ3v) is 3.17. The summed E-state index contributed by atoms with van der Waals surface area (Å²) in [6.07, 6.45) is 3.87. The van der Waals surface area contributed by atoms with Crippen molar-refractivity contribution in [1.29, 1.82) is 0 Å². The highest BCUT2D eigenvalue weighted by molar-refractivity contribution is 5.73. The topological polar surface area (TPSA) is 76.0 Å². The molecule has 0 fully saturated rings. The summed E-state index contributed by atoms with van der Waals surface area (Å²) in [4.78, 5) is 23.1. The molecular weight excluding hydrogens is 244 g/mol. The number of nitrogens with zero attached hydrogens (tertiary/aromatic N) is 2. The van der Waals surface area contributed by atoms with Crippen LogP contribution in [0.4, 0.5) is 4.79 Å². The van der Waals surface area contributed by atoms with E-state index in [1.165, 1.54) is 4.68 Å². The monoisotopic (exact) mass is 264 g/mol. The van der Waals surface area contributed by atoms with Crippen LogP contribution in [0.25, 0.3) is 0 Å². The van der Waals surface area contributed by atoms with E-state index in [0.29, 0.717) is 19.6 Å². The summed E-state index contributed by atoms with van der Waals surface area (Å²) < 4.78 is 1.43. The highest BCUT2D eigenvalue weighted by Crippen LogP contribution is 2.16. The lowest BCUT2D eigenvalue weighted by atomic mass is 10.2. The van der Waals surface area contributed by atoms with Gasteiger partial charge in [0.15, 0.2) is 0 Å². The average Bonchev–Trinajstić information content (AvgIpc) is 2.83. The molecule has 0 aliphatic heterocycles. The van der Waals surface area contributed by atoms with Gasteiger partial charge in [-0.2, -0.15) is 5.10 Å². The van der Waals surface area contributed by atoms with Gasteiger partial charge in [0, 0.05) is 19.2 Å². The number of nitrogens with one attached hydrogen (secondary N) is 2.